The molecule has 2 saturated heterocycles. The lowest BCUT2D eigenvalue weighted by Crippen LogP contribution is -2.41. The summed E-state index contributed by atoms with van der Waals surface area (Å²) in [6, 6.07) is 5.95. The Balaban J connectivity index is 1.41. The topological polar surface area (TPSA) is 91.0 Å². The molecule has 4 amide bonds. The molecule has 2 aliphatic heterocycles. The Bertz CT molecular complexity index is 724. The monoisotopic (exact) mass is 408 g/mol. The first-order valence-corrected chi connectivity index (χ1v) is 9.84. The zero-order valence-corrected chi connectivity index (χ0v) is 16.4. The molecule has 2 aliphatic rings. The van der Waals surface area contributed by atoms with E-state index < -0.39 is 12.1 Å². The van der Waals surface area contributed by atoms with Crippen molar-refractivity contribution < 1.29 is 19.1 Å². The van der Waals surface area contributed by atoms with E-state index in [9.17, 15) is 14.4 Å². The Labute approximate surface area is 169 Å². The Kier molecular flexibility index (Phi) is 7.24. The molecule has 0 bridgehead atoms. The first-order valence-electron chi connectivity index (χ1n) is 9.46. The SMILES string of the molecule is O=C(CCC1NC(=O)N(Cc2ccccc2Cl)C1=O)NCCN1CCOCC1. The number of imide groups is 1. The van der Waals surface area contributed by atoms with Crippen LogP contribution in [0.4, 0.5) is 4.79 Å². The van der Waals surface area contributed by atoms with Gasteiger partial charge < -0.3 is 15.4 Å². The van der Waals surface area contributed by atoms with E-state index in [1.54, 1.807) is 24.3 Å². The van der Waals surface area contributed by atoms with Gasteiger partial charge in [-0.3, -0.25) is 19.4 Å². The van der Waals surface area contributed by atoms with Gasteiger partial charge in [0.1, 0.15) is 6.04 Å². The minimum absolute atomic E-state index is 0.118. The van der Waals surface area contributed by atoms with Crippen LogP contribution in [0.5, 0.6) is 0 Å². The van der Waals surface area contributed by atoms with Gasteiger partial charge in [0.2, 0.25) is 5.91 Å². The van der Waals surface area contributed by atoms with Gasteiger partial charge in [-0.15, -0.1) is 0 Å². The van der Waals surface area contributed by atoms with Gasteiger partial charge in [0, 0.05) is 37.6 Å². The van der Waals surface area contributed by atoms with Crippen LogP contribution in [0.25, 0.3) is 0 Å². The molecular formula is C19H25ClN4O4. The van der Waals surface area contributed by atoms with E-state index in [-0.39, 0.29) is 31.2 Å². The minimum Gasteiger partial charge on any atom is -0.379 e. The number of amides is 4. The highest BCUT2D eigenvalue weighted by molar-refractivity contribution is 6.31. The molecule has 0 aromatic heterocycles. The molecule has 2 fully saturated rings. The summed E-state index contributed by atoms with van der Waals surface area (Å²) in [7, 11) is 0. The van der Waals surface area contributed by atoms with Crippen LogP contribution in [0, 0.1) is 0 Å². The molecule has 152 valence electrons. The van der Waals surface area contributed by atoms with Crippen LogP contribution in [0.2, 0.25) is 5.02 Å². The fraction of sp³-hybridized carbons (Fsp3) is 0.526. The molecule has 8 nitrogen and oxygen atoms in total. The summed E-state index contributed by atoms with van der Waals surface area (Å²) >= 11 is 6.11. The molecule has 0 saturated carbocycles. The predicted molar refractivity (Wildman–Crippen MR) is 104 cm³/mol. The average molecular weight is 409 g/mol. The summed E-state index contributed by atoms with van der Waals surface area (Å²) < 4.78 is 5.29. The maximum absolute atomic E-state index is 12.5. The van der Waals surface area contributed by atoms with E-state index in [2.05, 4.69) is 15.5 Å². The number of carbonyl (C=O) groups excluding carboxylic acids is 3. The smallest absolute Gasteiger partial charge is 0.325 e. The standard InChI is InChI=1S/C19H25ClN4O4/c20-15-4-2-1-3-14(15)13-24-18(26)16(22-19(24)27)5-6-17(25)21-7-8-23-9-11-28-12-10-23/h1-4,16H,5-13H2,(H,21,25)(H,22,27). The normalized spacial score (nSPS) is 20.3. The maximum atomic E-state index is 12.5. The number of ether oxygens (including phenoxy) is 1. The van der Waals surface area contributed by atoms with Gasteiger partial charge in [0.25, 0.3) is 5.91 Å². The molecule has 1 atom stereocenters. The van der Waals surface area contributed by atoms with Crippen molar-refractivity contribution in [1.82, 2.24) is 20.4 Å². The largest absolute Gasteiger partial charge is 0.379 e. The molecule has 1 aromatic carbocycles. The lowest BCUT2D eigenvalue weighted by atomic mass is 10.1. The molecule has 28 heavy (non-hydrogen) atoms. The van der Waals surface area contributed by atoms with Crippen molar-refractivity contribution in [2.45, 2.75) is 25.4 Å². The fourth-order valence-electron chi connectivity index (χ4n) is 3.26. The van der Waals surface area contributed by atoms with Crippen molar-refractivity contribution in [1.29, 1.82) is 0 Å². The number of morpholine rings is 1. The average Bonchev–Trinajstić information content (AvgIpc) is 2.96. The van der Waals surface area contributed by atoms with Crippen molar-refractivity contribution >= 4 is 29.4 Å². The molecular weight excluding hydrogens is 384 g/mol. The van der Waals surface area contributed by atoms with Crippen molar-refractivity contribution in [2.24, 2.45) is 0 Å². The molecule has 0 radical (unpaired) electrons. The molecule has 1 aromatic rings. The second-order valence-electron chi connectivity index (χ2n) is 6.86. The third kappa shape index (κ3) is 5.43. The summed E-state index contributed by atoms with van der Waals surface area (Å²) in [5, 5.41) is 6.02. The Morgan fingerprint density at radius 3 is 2.75 bits per heavy atom. The lowest BCUT2D eigenvalue weighted by molar-refractivity contribution is -0.128. The van der Waals surface area contributed by atoms with Gasteiger partial charge in [0.05, 0.1) is 19.8 Å². The van der Waals surface area contributed by atoms with Crippen LogP contribution >= 0.6 is 11.6 Å². The third-order valence-corrected chi connectivity index (χ3v) is 5.28. The van der Waals surface area contributed by atoms with E-state index in [0.29, 0.717) is 17.1 Å². The number of nitrogens with one attached hydrogen (secondary N) is 2. The number of halogens is 1. The minimum atomic E-state index is -0.681. The van der Waals surface area contributed by atoms with Gasteiger partial charge in [0.15, 0.2) is 0 Å². The summed E-state index contributed by atoms with van der Waals surface area (Å²) in [6.07, 6.45) is 0.451. The summed E-state index contributed by atoms with van der Waals surface area (Å²) in [6.45, 7) is 4.65. The molecule has 3 rings (SSSR count). The van der Waals surface area contributed by atoms with Crippen LogP contribution in [0.3, 0.4) is 0 Å². The molecule has 9 heteroatoms. The maximum Gasteiger partial charge on any atom is 0.325 e. The second kappa shape index (κ2) is 9.86. The number of carbonyl (C=O) groups is 3. The van der Waals surface area contributed by atoms with Crippen molar-refractivity contribution in [3.63, 3.8) is 0 Å². The highest BCUT2D eigenvalue weighted by Crippen LogP contribution is 2.20. The van der Waals surface area contributed by atoms with Gasteiger partial charge in [-0.05, 0) is 18.1 Å². The van der Waals surface area contributed by atoms with Gasteiger partial charge in [-0.1, -0.05) is 29.8 Å². The summed E-state index contributed by atoms with van der Waals surface area (Å²) in [5.74, 6) is -0.453. The highest BCUT2D eigenvalue weighted by Gasteiger charge is 2.38. The van der Waals surface area contributed by atoms with Crippen LogP contribution in [0.1, 0.15) is 18.4 Å². The van der Waals surface area contributed by atoms with Crippen LogP contribution in [-0.2, 0) is 20.9 Å². The fourth-order valence-corrected chi connectivity index (χ4v) is 3.46. The molecule has 2 heterocycles. The number of urea groups is 1. The number of rotatable bonds is 8. The van der Waals surface area contributed by atoms with Crippen molar-refractivity contribution in [2.75, 3.05) is 39.4 Å². The van der Waals surface area contributed by atoms with E-state index in [4.69, 9.17) is 16.3 Å². The predicted octanol–water partition coefficient (Wildman–Crippen LogP) is 0.989. The zero-order chi connectivity index (χ0) is 19.9. The van der Waals surface area contributed by atoms with Gasteiger partial charge in [-0.25, -0.2) is 4.79 Å². The molecule has 1 unspecified atom stereocenters. The Hall–Kier alpha value is -2.16. The molecule has 0 spiro atoms. The summed E-state index contributed by atoms with van der Waals surface area (Å²) in [4.78, 5) is 40.1. The highest BCUT2D eigenvalue weighted by atomic mass is 35.5. The van der Waals surface area contributed by atoms with E-state index in [1.165, 1.54) is 0 Å². The number of benzene rings is 1. The zero-order valence-electron chi connectivity index (χ0n) is 15.7. The molecule has 0 aliphatic carbocycles. The van der Waals surface area contributed by atoms with Crippen LogP contribution < -0.4 is 10.6 Å². The first kappa shape index (κ1) is 20.6. The van der Waals surface area contributed by atoms with Gasteiger partial charge >= 0.3 is 6.03 Å². The first-order chi connectivity index (χ1) is 13.5. The van der Waals surface area contributed by atoms with E-state index in [0.717, 1.165) is 37.7 Å². The quantitative estimate of drug-likeness (QED) is 0.626. The lowest BCUT2D eigenvalue weighted by Gasteiger charge is -2.26. The third-order valence-electron chi connectivity index (χ3n) is 4.91. The second-order valence-corrected chi connectivity index (χ2v) is 7.27. The Morgan fingerprint density at radius 2 is 2.00 bits per heavy atom. The molecule has 2 N–H and O–H groups in total. The van der Waals surface area contributed by atoms with Crippen molar-refractivity contribution in [3.8, 4) is 0 Å². The number of hydrogen-bond acceptors (Lipinski definition) is 5. The van der Waals surface area contributed by atoms with Gasteiger partial charge in [-0.2, -0.15) is 0 Å². The van der Waals surface area contributed by atoms with Crippen LogP contribution in [-0.4, -0.2) is 73.1 Å². The number of hydrogen-bond donors (Lipinski definition) is 2. The number of nitrogens with zero attached hydrogens (tertiary/aromatic N) is 2. The summed E-state index contributed by atoms with van der Waals surface area (Å²) in [5.41, 5.74) is 0.703. The Morgan fingerprint density at radius 1 is 1.25 bits per heavy atom. The van der Waals surface area contributed by atoms with E-state index >= 15 is 0 Å². The van der Waals surface area contributed by atoms with Crippen LogP contribution in [0.15, 0.2) is 24.3 Å². The van der Waals surface area contributed by atoms with Crippen molar-refractivity contribution in [3.05, 3.63) is 34.9 Å². The van der Waals surface area contributed by atoms with E-state index in [1.807, 2.05) is 0 Å².